The van der Waals surface area contributed by atoms with E-state index in [-0.39, 0.29) is 5.89 Å². The van der Waals surface area contributed by atoms with Crippen molar-refractivity contribution in [3.05, 3.63) is 36.0 Å². The Labute approximate surface area is 103 Å². The summed E-state index contributed by atoms with van der Waals surface area (Å²) >= 11 is 0. The normalized spacial score (nSPS) is 10.1. The van der Waals surface area contributed by atoms with E-state index in [4.69, 9.17) is 14.0 Å². The summed E-state index contributed by atoms with van der Waals surface area (Å²) in [6.07, 6.45) is 0. The van der Waals surface area contributed by atoms with Crippen LogP contribution in [0.3, 0.4) is 0 Å². The zero-order valence-corrected chi connectivity index (χ0v) is 9.84. The van der Waals surface area contributed by atoms with Gasteiger partial charge in [-0.15, -0.1) is 10.2 Å². The quantitative estimate of drug-likeness (QED) is 0.500. The van der Waals surface area contributed by atoms with E-state index in [0.29, 0.717) is 11.6 Å². The molecule has 0 aliphatic heterocycles. The van der Waals surface area contributed by atoms with Crippen molar-refractivity contribution in [3.8, 4) is 5.75 Å². The van der Waals surface area contributed by atoms with Gasteiger partial charge in [0.1, 0.15) is 5.75 Å². The fourth-order valence-electron chi connectivity index (χ4n) is 1.24. The second kappa shape index (κ2) is 5.28. The first kappa shape index (κ1) is 12.1. The second-order valence-corrected chi connectivity index (χ2v) is 3.35. The van der Waals surface area contributed by atoms with Gasteiger partial charge in [0.25, 0.3) is 0 Å². The molecule has 2 aromatic rings. The molecule has 0 atom stereocenters. The maximum atomic E-state index is 11.6. The van der Waals surface area contributed by atoms with Gasteiger partial charge in [-0.05, 0) is 24.3 Å². The van der Waals surface area contributed by atoms with Crippen LogP contribution in [0.4, 0.5) is 5.69 Å². The fraction of sp³-hybridized carbons (Fsp3) is 0.182. The van der Waals surface area contributed by atoms with Crippen molar-refractivity contribution >= 4 is 11.7 Å². The van der Waals surface area contributed by atoms with Crippen LogP contribution in [0.25, 0.3) is 0 Å². The number of benzene rings is 1. The Bertz CT molecular complexity index is 535. The average molecular weight is 249 g/mol. The third-order valence-electron chi connectivity index (χ3n) is 1.99. The van der Waals surface area contributed by atoms with Crippen LogP contribution in [0, 0.1) is 6.92 Å². The molecule has 1 heterocycles. The van der Waals surface area contributed by atoms with Crippen LogP contribution in [0.1, 0.15) is 16.6 Å². The number of anilines is 1. The molecule has 0 spiro atoms. The lowest BCUT2D eigenvalue weighted by Gasteiger charge is -2.04. The predicted octanol–water partition coefficient (Wildman–Crippen LogP) is 1.57. The summed E-state index contributed by atoms with van der Waals surface area (Å²) in [5.41, 5.74) is 3.38. The van der Waals surface area contributed by atoms with Crippen molar-refractivity contribution < 1.29 is 18.8 Å². The van der Waals surface area contributed by atoms with E-state index in [1.54, 1.807) is 31.2 Å². The molecule has 0 aliphatic carbocycles. The molecule has 0 fully saturated rings. The number of hydrogen-bond acceptors (Lipinski definition) is 7. The number of nitrogens with one attached hydrogen (secondary N) is 1. The molecule has 2 rings (SSSR count). The smallest absolute Gasteiger partial charge is 0.401 e. The summed E-state index contributed by atoms with van der Waals surface area (Å²) < 4.78 is 9.99. The maximum Gasteiger partial charge on any atom is 0.401 e. The number of esters is 1. The molecule has 0 amide bonds. The topological polar surface area (TPSA) is 86.5 Å². The zero-order valence-electron chi connectivity index (χ0n) is 9.84. The molecule has 18 heavy (non-hydrogen) atoms. The Morgan fingerprint density at radius 3 is 2.56 bits per heavy atom. The molecule has 1 aromatic heterocycles. The van der Waals surface area contributed by atoms with Crippen molar-refractivity contribution in [3.63, 3.8) is 0 Å². The summed E-state index contributed by atoms with van der Waals surface area (Å²) in [4.78, 5) is 16.3. The zero-order chi connectivity index (χ0) is 13.0. The molecule has 1 N–H and O–H groups in total. The van der Waals surface area contributed by atoms with Gasteiger partial charge in [-0.2, -0.15) is 0 Å². The van der Waals surface area contributed by atoms with Gasteiger partial charge in [-0.3, -0.25) is 10.3 Å². The van der Waals surface area contributed by atoms with E-state index < -0.39 is 5.97 Å². The Morgan fingerprint density at radius 2 is 2.00 bits per heavy atom. The van der Waals surface area contributed by atoms with Crippen LogP contribution in [-0.4, -0.2) is 23.3 Å². The first-order valence-corrected chi connectivity index (χ1v) is 5.10. The molecule has 7 heteroatoms. The number of ether oxygens (including phenoxy) is 1. The van der Waals surface area contributed by atoms with Crippen molar-refractivity contribution in [2.75, 3.05) is 12.6 Å². The average Bonchev–Trinajstić information content (AvgIpc) is 2.79. The SMILES string of the molecule is CONc1ccc(OC(=O)c2nnc(C)o2)cc1. The Hall–Kier alpha value is -2.41. The Kier molecular flexibility index (Phi) is 3.54. The lowest BCUT2D eigenvalue weighted by atomic mass is 10.3. The molecule has 0 unspecified atom stereocenters. The molecular formula is C11H11N3O4. The molecule has 7 nitrogen and oxygen atoms in total. The third kappa shape index (κ3) is 2.83. The Morgan fingerprint density at radius 1 is 1.28 bits per heavy atom. The van der Waals surface area contributed by atoms with Crippen molar-refractivity contribution in [2.45, 2.75) is 6.92 Å². The number of rotatable bonds is 4. The van der Waals surface area contributed by atoms with Crippen LogP contribution in [0.15, 0.2) is 28.7 Å². The number of aromatic nitrogens is 2. The van der Waals surface area contributed by atoms with Crippen LogP contribution >= 0.6 is 0 Å². The highest BCUT2D eigenvalue weighted by atomic mass is 16.6. The number of carbonyl (C=O) groups is 1. The summed E-state index contributed by atoms with van der Waals surface area (Å²) in [5, 5.41) is 7.11. The van der Waals surface area contributed by atoms with Gasteiger partial charge >= 0.3 is 11.9 Å². The summed E-state index contributed by atoms with van der Waals surface area (Å²) in [7, 11) is 1.51. The molecule has 1 aromatic carbocycles. The van der Waals surface area contributed by atoms with Crippen LogP contribution < -0.4 is 10.2 Å². The lowest BCUT2D eigenvalue weighted by molar-refractivity contribution is 0.0691. The minimum Gasteiger partial charge on any atom is -0.419 e. The molecular weight excluding hydrogens is 238 g/mol. The van der Waals surface area contributed by atoms with Crippen molar-refractivity contribution in [2.24, 2.45) is 0 Å². The lowest BCUT2D eigenvalue weighted by Crippen LogP contribution is -2.09. The second-order valence-electron chi connectivity index (χ2n) is 3.35. The van der Waals surface area contributed by atoms with Crippen molar-refractivity contribution in [1.29, 1.82) is 0 Å². The van der Waals surface area contributed by atoms with Crippen molar-refractivity contribution in [1.82, 2.24) is 10.2 Å². The number of hydrogen-bond donors (Lipinski definition) is 1. The molecule has 0 saturated heterocycles. The molecule has 0 radical (unpaired) electrons. The largest absolute Gasteiger partial charge is 0.419 e. The van der Waals surface area contributed by atoms with Gasteiger partial charge in [-0.1, -0.05) is 0 Å². The van der Waals surface area contributed by atoms with Gasteiger partial charge in [0, 0.05) is 6.92 Å². The fourth-order valence-corrected chi connectivity index (χ4v) is 1.24. The number of nitrogens with zero attached hydrogens (tertiary/aromatic N) is 2. The van der Waals surface area contributed by atoms with Crippen LogP contribution in [0.2, 0.25) is 0 Å². The van der Waals surface area contributed by atoms with Gasteiger partial charge < -0.3 is 9.15 Å². The highest BCUT2D eigenvalue weighted by molar-refractivity contribution is 5.85. The number of carbonyl (C=O) groups excluding carboxylic acids is 1. The van der Waals surface area contributed by atoms with E-state index in [1.807, 2.05) is 0 Å². The maximum absolute atomic E-state index is 11.6. The van der Waals surface area contributed by atoms with E-state index in [2.05, 4.69) is 15.7 Å². The molecule has 0 bridgehead atoms. The summed E-state index contributed by atoms with van der Waals surface area (Å²) in [6.45, 7) is 1.59. The van der Waals surface area contributed by atoms with E-state index >= 15 is 0 Å². The molecule has 0 saturated carbocycles. The Balaban J connectivity index is 2.03. The monoisotopic (exact) mass is 249 g/mol. The van der Waals surface area contributed by atoms with Gasteiger partial charge in [0.05, 0.1) is 12.8 Å². The van der Waals surface area contributed by atoms with Gasteiger partial charge in [0.15, 0.2) is 0 Å². The van der Waals surface area contributed by atoms with Gasteiger partial charge in [-0.25, -0.2) is 4.79 Å². The van der Waals surface area contributed by atoms with E-state index in [9.17, 15) is 4.79 Å². The summed E-state index contributed by atoms with van der Waals surface area (Å²) in [6, 6.07) is 6.63. The minimum atomic E-state index is -0.692. The van der Waals surface area contributed by atoms with Crippen LogP contribution in [-0.2, 0) is 4.84 Å². The summed E-state index contributed by atoms with van der Waals surface area (Å²) in [5.74, 6) is -0.186. The first-order valence-electron chi connectivity index (χ1n) is 5.10. The third-order valence-corrected chi connectivity index (χ3v) is 1.99. The highest BCUT2D eigenvalue weighted by Crippen LogP contribution is 2.16. The number of aryl methyl sites for hydroxylation is 1. The standard InChI is InChI=1S/C11H11N3O4/c1-7-12-13-10(17-7)11(15)18-9-5-3-8(4-6-9)14-16-2/h3-6,14H,1-2H3. The first-order chi connectivity index (χ1) is 8.69. The van der Waals surface area contributed by atoms with E-state index in [1.165, 1.54) is 7.11 Å². The van der Waals surface area contributed by atoms with E-state index in [0.717, 1.165) is 5.69 Å². The predicted molar refractivity (Wildman–Crippen MR) is 61.1 cm³/mol. The van der Waals surface area contributed by atoms with Gasteiger partial charge in [0.2, 0.25) is 5.89 Å². The molecule has 0 aliphatic rings. The van der Waals surface area contributed by atoms with Crippen LogP contribution in [0.5, 0.6) is 5.75 Å². The minimum absolute atomic E-state index is 0.174. The highest BCUT2D eigenvalue weighted by Gasteiger charge is 2.15. The molecule has 94 valence electrons.